The number of amides is 2. The molecule has 5 nitrogen and oxygen atoms in total. The number of nitrogens with one attached hydrogen (secondary N) is 1. The topological polar surface area (TPSA) is 52.7 Å². The van der Waals surface area contributed by atoms with Crippen LogP contribution in [0.5, 0.6) is 0 Å². The van der Waals surface area contributed by atoms with E-state index in [-0.39, 0.29) is 17.7 Å². The van der Waals surface area contributed by atoms with Crippen LogP contribution >= 0.6 is 0 Å². The molecule has 0 radical (unpaired) electrons. The van der Waals surface area contributed by atoms with E-state index in [0.717, 1.165) is 19.5 Å². The summed E-state index contributed by atoms with van der Waals surface area (Å²) in [7, 11) is 0. The second-order valence-corrected chi connectivity index (χ2v) is 6.96. The molecule has 0 saturated carbocycles. The Balaban J connectivity index is 1.67. The largest absolute Gasteiger partial charge is 0.368 e. The lowest BCUT2D eigenvalue weighted by molar-refractivity contribution is -0.119. The van der Waals surface area contributed by atoms with Crippen molar-refractivity contribution in [2.45, 2.75) is 20.3 Å². The van der Waals surface area contributed by atoms with Crippen LogP contribution < -0.4 is 10.2 Å². The number of carbonyl (C=O) groups is 2. The fourth-order valence-corrected chi connectivity index (χ4v) is 3.20. The van der Waals surface area contributed by atoms with E-state index in [2.05, 4.69) is 22.3 Å². The first kappa shape index (κ1) is 19.0. The molecule has 1 aliphatic heterocycles. The molecule has 3 rings (SSSR count). The molecule has 1 saturated heterocycles. The van der Waals surface area contributed by atoms with E-state index in [9.17, 15) is 9.59 Å². The van der Waals surface area contributed by atoms with Crippen molar-refractivity contribution >= 4 is 23.2 Å². The Morgan fingerprint density at radius 2 is 1.59 bits per heavy atom. The van der Waals surface area contributed by atoms with E-state index >= 15 is 0 Å². The van der Waals surface area contributed by atoms with Gasteiger partial charge in [-0.05, 0) is 30.7 Å². The molecular formula is C22H27N3O2. The van der Waals surface area contributed by atoms with Gasteiger partial charge in [0.25, 0.3) is 5.91 Å². The minimum Gasteiger partial charge on any atom is -0.368 e. The maximum Gasteiger partial charge on any atom is 0.256 e. The maximum atomic E-state index is 13.0. The molecule has 1 unspecified atom stereocenters. The van der Waals surface area contributed by atoms with Crippen LogP contribution in [0.15, 0.2) is 54.6 Å². The third kappa shape index (κ3) is 4.48. The van der Waals surface area contributed by atoms with Crippen molar-refractivity contribution in [1.82, 2.24) is 4.90 Å². The number of carbonyl (C=O) groups excluding carboxylic acids is 2. The van der Waals surface area contributed by atoms with Gasteiger partial charge in [-0.25, -0.2) is 0 Å². The second-order valence-electron chi connectivity index (χ2n) is 6.96. The number of rotatable bonds is 5. The fourth-order valence-electron chi connectivity index (χ4n) is 3.20. The number of anilines is 2. The van der Waals surface area contributed by atoms with Gasteiger partial charge in [0, 0.05) is 37.8 Å². The van der Waals surface area contributed by atoms with Crippen LogP contribution in [-0.2, 0) is 4.79 Å². The first-order valence-electron chi connectivity index (χ1n) is 9.59. The summed E-state index contributed by atoms with van der Waals surface area (Å²) in [4.78, 5) is 29.5. The molecule has 0 aliphatic carbocycles. The molecule has 142 valence electrons. The third-order valence-corrected chi connectivity index (χ3v) is 5.16. The number of benzene rings is 2. The van der Waals surface area contributed by atoms with Gasteiger partial charge in [-0.15, -0.1) is 0 Å². The summed E-state index contributed by atoms with van der Waals surface area (Å²) in [6.07, 6.45) is 0.767. The van der Waals surface area contributed by atoms with E-state index in [1.165, 1.54) is 5.69 Å². The second kappa shape index (κ2) is 8.71. The SMILES string of the molecule is CCC(C)C(=O)Nc1ccccc1C(=O)N1CCN(c2ccccc2)CC1. The quantitative estimate of drug-likeness (QED) is 0.880. The lowest BCUT2D eigenvalue weighted by Crippen LogP contribution is -2.49. The van der Waals surface area contributed by atoms with Gasteiger partial charge in [0.1, 0.15) is 0 Å². The monoisotopic (exact) mass is 365 g/mol. The van der Waals surface area contributed by atoms with Gasteiger partial charge in [0.05, 0.1) is 11.3 Å². The molecule has 27 heavy (non-hydrogen) atoms. The van der Waals surface area contributed by atoms with Crippen LogP contribution in [-0.4, -0.2) is 42.9 Å². The van der Waals surface area contributed by atoms with Crippen LogP contribution in [0.25, 0.3) is 0 Å². The predicted octanol–water partition coefficient (Wildman–Crippen LogP) is 3.63. The smallest absolute Gasteiger partial charge is 0.256 e. The number of hydrogen-bond acceptors (Lipinski definition) is 3. The van der Waals surface area contributed by atoms with Gasteiger partial charge in [-0.2, -0.15) is 0 Å². The number of nitrogens with zero attached hydrogens (tertiary/aromatic N) is 2. The Labute approximate surface area is 161 Å². The zero-order valence-electron chi connectivity index (χ0n) is 16.0. The van der Waals surface area contributed by atoms with Crippen molar-refractivity contribution in [2.75, 3.05) is 36.4 Å². The normalized spacial score (nSPS) is 15.3. The van der Waals surface area contributed by atoms with Gasteiger partial charge >= 0.3 is 0 Å². The molecule has 1 fully saturated rings. The predicted molar refractivity (Wildman–Crippen MR) is 109 cm³/mol. The van der Waals surface area contributed by atoms with Crippen molar-refractivity contribution in [2.24, 2.45) is 5.92 Å². The van der Waals surface area contributed by atoms with Crippen LogP contribution in [0.3, 0.4) is 0 Å². The van der Waals surface area contributed by atoms with Crippen LogP contribution in [0.1, 0.15) is 30.6 Å². The Morgan fingerprint density at radius 3 is 2.26 bits per heavy atom. The minimum atomic E-state index is -0.0809. The van der Waals surface area contributed by atoms with Crippen LogP contribution in [0.2, 0.25) is 0 Å². The molecule has 1 aliphatic rings. The van der Waals surface area contributed by atoms with Gasteiger partial charge in [-0.3, -0.25) is 9.59 Å². The van der Waals surface area contributed by atoms with Crippen LogP contribution in [0, 0.1) is 5.92 Å². The highest BCUT2D eigenvalue weighted by molar-refractivity contribution is 6.04. The molecule has 0 aromatic heterocycles. The summed E-state index contributed by atoms with van der Waals surface area (Å²) < 4.78 is 0. The molecule has 5 heteroatoms. The Kier molecular flexibility index (Phi) is 6.12. The first-order valence-corrected chi connectivity index (χ1v) is 9.59. The number of piperazine rings is 1. The molecule has 1 atom stereocenters. The van der Waals surface area contributed by atoms with E-state index < -0.39 is 0 Å². The average molecular weight is 365 g/mol. The summed E-state index contributed by atoms with van der Waals surface area (Å²) in [5.74, 6) is -0.156. The number of para-hydroxylation sites is 2. The van der Waals surface area contributed by atoms with Gasteiger partial charge in [0.15, 0.2) is 0 Å². The summed E-state index contributed by atoms with van der Waals surface area (Å²) in [6, 6.07) is 17.5. The summed E-state index contributed by atoms with van der Waals surface area (Å²) in [5.41, 5.74) is 2.34. The fraction of sp³-hybridized carbons (Fsp3) is 0.364. The lowest BCUT2D eigenvalue weighted by Gasteiger charge is -2.36. The van der Waals surface area contributed by atoms with Gasteiger partial charge in [0.2, 0.25) is 5.91 Å². The molecule has 2 aromatic carbocycles. The Hall–Kier alpha value is -2.82. The van der Waals surface area contributed by atoms with Gasteiger partial charge in [-0.1, -0.05) is 44.2 Å². The standard InChI is InChI=1S/C22H27N3O2/c1-3-17(2)21(26)23-20-12-8-7-11-19(20)22(27)25-15-13-24(14-16-25)18-9-5-4-6-10-18/h4-12,17H,3,13-16H2,1-2H3,(H,23,26). The third-order valence-electron chi connectivity index (χ3n) is 5.16. The van der Waals surface area contributed by atoms with E-state index in [1.54, 1.807) is 12.1 Å². The molecule has 1 heterocycles. The van der Waals surface area contributed by atoms with Crippen molar-refractivity contribution in [3.63, 3.8) is 0 Å². The van der Waals surface area contributed by atoms with Crippen molar-refractivity contribution < 1.29 is 9.59 Å². The first-order chi connectivity index (χ1) is 13.1. The van der Waals surface area contributed by atoms with Crippen molar-refractivity contribution in [1.29, 1.82) is 0 Å². The van der Waals surface area contributed by atoms with E-state index in [0.29, 0.717) is 24.3 Å². The molecule has 0 spiro atoms. The lowest BCUT2D eigenvalue weighted by atomic mass is 10.1. The van der Waals surface area contributed by atoms with Crippen LogP contribution in [0.4, 0.5) is 11.4 Å². The summed E-state index contributed by atoms with van der Waals surface area (Å²) in [6.45, 7) is 6.81. The molecule has 2 aromatic rings. The molecule has 0 bridgehead atoms. The summed E-state index contributed by atoms with van der Waals surface area (Å²) >= 11 is 0. The number of hydrogen-bond donors (Lipinski definition) is 1. The molecular weight excluding hydrogens is 338 g/mol. The highest BCUT2D eigenvalue weighted by atomic mass is 16.2. The molecule has 2 amide bonds. The summed E-state index contributed by atoms with van der Waals surface area (Å²) in [5, 5.41) is 2.92. The van der Waals surface area contributed by atoms with E-state index in [1.807, 2.05) is 49.1 Å². The van der Waals surface area contributed by atoms with E-state index in [4.69, 9.17) is 0 Å². The van der Waals surface area contributed by atoms with Crippen molar-refractivity contribution in [3.8, 4) is 0 Å². The zero-order chi connectivity index (χ0) is 19.2. The Morgan fingerprint density at radius 1 is 0.963 bits per heavy atom. The Bertz CT molecular complexity index is 783. The van der Waals surface area contributed by atoms with Gasteiger partial charge < -0.3 is 15.1 Å². The zero-order valence-corrected chi connectivity index (χ0v) is 16.0. The average Bonchev–Trinajstić information content (AvgIpc) is 2.73. The minimum absolute atomic E-state index is 0.0252. The molecule has 1 N–H and O–H groups in total. The highest BCUT2D eigenvalue weighted by Crippen LogP contribution is 2.21. The maximum absolute atomic E-state index is 13.0. The van der Waals surface area contributed by atoms with Crippen molar-refractivity contribution in [3.05, 3.63) is 60.2 Å². The highest BCUT2D eigenvalue weighted by Gasteiger charge is 2.24.